The average molecular weight is 237 g/mol. The zero-order chi connectivity index (χ0) is 11.6. The van der Waals surface area contributed by atoms with Crippen LogP contribution in [0.25, 0.3) is 0 Å². The Bertz CT molecular complexity index is 468. The van der Waals surface area contributed by atoms with Crippen LogP contribution in [0.4, 0.5) is 4.39 Å². The predicted molar refractivity (Wildman–Crippen MR) is 61.8 cm³/mol. The molecule has 0 bridgehead atoms. The van der Waals surface area contributed by atoms with E-state index in [1.54, 1.807) is 36.8 Å². The highest BCUT2D eigenvalue weighted by molar-refractivity contribution is 7.09. The molecular weight excluding hydrogens is 225 g/mol. The minimum atomic E-state index is -1.20. The molecule has 16 heavy (non-hydrogen) atoms. The molecule has 1 unspecified atom stereocenters. The Balaban J connectivity index is 2.28. The lowest BCUT2D eigenvalue weighted by atomic mass is 9.92. The van der Waals surface area contributed by atoms with Crippen molar-refractivity contribution < 1.29 is 9.50 Å². The Kier molecular flexibility index (Phi) is 3.03. The van der Waals surface area contributed by atoms with Crippen LogP contribution in [0.3, 0.4) is 0 Å². The molecule has 1 aromatic heterocycles. The van der Waals surface area contributed by atoms with Crippen LogP contribution in [0.15, 0.2) is 36.0 Å². The molecule has 0 saturated carbocycles. The SMILES string of the molecule is CC(O)(Cc1cncs1)c1ccccc1F. The fraction of sp³-hybridized carbons (Fsp3) is 0.250. The fourth-order valence-corrected chi connectivity index (χ4v) is 2.41. The van der Waals surface area contributed by atoms with Crippen molar-refractivity contribution in [3.8, 4) is 0 Å². The first kappa shape index (κ1) is 11.2. The maximum absolute atomic E-state index is 13.5. The van der Waals surface area contributed by atoms with Gasteiger partial charge in [-0.05, 0) is 13.0 Å². The molecule has 84 valence electrons. The van der Waals surface area contributed by atoms with E-state index < -0.39 is 5.60 Å². The van der Waals surface area contributed by atoms with Crippen LogP contribution >= 0.6 is 11.3 Å². The van der Waals surface area contributed by atoms with Crippen LogP contribution in [-0.4, -0.2) is 10.1 Å². The van der Waals surface area contributed by atoms with Gasteiger partial charge in [-0.1, -0.05) is 18.2 Å². The van der Waals surface area contributed by atoms with Crippen molar-refractivity contribution in [2.24, 2.45) is 0 Å². The van der Waals surface area contributed by atoms with Crippen molar-refractivity contribution in [2.45, 2.75) is 18.9 Å². The van der Waals surface area contributed by atoms with Crippen LogP contribution in [-0.2, 0) is 12.0 Å². The second-order valence-corrected chi connectivity index (χ2v) is 4.87. The van der Waals surface area contributed by atoms with E-state index in [9.17, 15) is 9.50 Å². The molecule has 1 atom stereocenters. The third-order valence-corrected chi connectivity index (χ3v) is 3.24. The Morgan fingerprint density at radius 2 is 2.19 bits per heavy atom. The number of nitrogens with zero attached hydrogens (tertiary/aromatic N) is 1. The monoisotopic (exact) mass is 237 g/mol. The molecule has 4 heteroatoms. The van der Waals surface area contributed by atoms with Gasteiger partial charge in [0.15, 0.2) is 0 Å². The van der Waals surface area contributed by atoms with Gasteiger partial charge in [-0.3, -0.25) is 4.98 Å². The Morgan fingerprint density at radius 1 is 1.44 bits per heavy atom. The topological polar surface area (TPSA) is 33.1 Å². The van der Waals surface area contributed by atoms with E-state index in [0.717, 1.165) is 4.88 Å². The highest BCUT2D eigenvalue weighted by atomic mass is 32.1. The summed E-state index contributed by atoms with van der Waals surface area (Å²) in [6, 6.07) is 6.30. The van der Waals surface area contributed by atoms with Gasteiger partial charge < -0.3 is 5.11 Å². The van der Waals surface area contributed by atoms with E-state index in [1.165, 1.54) is 17.4 Å². The van der Waals surface area contributed by atoms with Gasteiger partial charge in [0.2, 0.25) is 0 Å². The molecular formula is C12H12FNOS. The standard InChI is InChI=1S/C12H12FNOS/c1-12(15,6-9-7-14-8-16-9)10-4-2-3-5-11(10)13/h2-5,7-8,15H,6H2,1H3. The molecule has 2 rings (SSSR count). The molecule has 0 radical (unpaired) electrons. The Labute approximate surface area is 97.4 Å². The number of hydrogen-bond donors (Lipinski definition) is 1. The number of benzene rings is 1. The molecule has 0 amide bonds. The number of halogens is 1. The van der Waals surface area contributed by atoms with Gasteiger partial charge in [0, 0.05) is 23.1 Å². The number of thiazole rings is 1. The quantitative estimate of drug-likeness (QED) is 0.890. The molecule has 1 aromatic carbocycles. The van der Waals surface area contributed by atoms with E-state index in [2.05, 4.69) is 4.98 Å². The van der Waals surface area contributed by atoms with Crippen molar-refractivity contribution >= 4 is 11.3 Å². The van der Waals surface area contributed by atoms with E-state index in [1.807, 2.05) is 0 Å². The predicted octanol–water partition coefficient (Wildman–Crippen LogP) is 2.73. The first-order valence-corrected chi connectivity index (χ1v) is 5.82. The van der Waals surface area contributed by atoms with E-state index in [4.69, 9.17) is 0 Å². The minimum Gasteiger partial charge on any atom is -0.385 e. The van der Waals surface area contributed by atoms with Crippen LogP contribution in [0.1, 0.15) is 17.4 Å². The zero-order valence-corrected chi connectivity index (χ0v) is 9.67. The maximum Gasteiger partial charge on any atom is 0.129 e. The van der Waals surface area contributed by atoms with E-state index in [0.29, 0.717) is 12.0 Å². The molecule has 0 fully saturated rings. The van der Waals surface area contributed by atoms with Crippen molar-refractivity contribution in [3.63, 3.8) is 0 Å². The second kappa shape index (κ2) is 4.31. The molecule has 2 nitrogen and oxygen atoms in total. The number of rotatable bonds is 3. The van der Waals surface area contributed by atoms with Crippen LogP contribution in [0.2, 0.25) is 0 Å². The van der Waals surface area contributed by atoms with Crippen molar-refractivity contribution in [1.29, 1.82) is 0 Å². The van der Waals surface area contributed by atoms with Gasteiger partial charge in [0.05, 0.1) is 11.1 Å². The number of aromatic nitrogens is 1. The summed E-state index contributed by atoms with van der Waals surface area (Å²) in [6.07, 6.45) is 2.07. The number of hydrogen-bond acceptors (Lipinski definition) is 3. The normalized spacial score (nSPS) is 14.7. The Hall–Kier alpha value is -1.26. The first-order valence-electron chi connectivity index (χ1n) is 4.94. The van der Waals surface area contributed by atoms with Crippen LogP contribution in [0.5, 0.6) is 0 Å². The first-order chi connectivity index (χ1) is 7.59. The van der Waals surface area contributed by atoms with Gasteiger partial charge >= 0.3 is 0 Å². The van der Waals surface area contributed by atoms with Crippen LogP contribution in [0, 0.1) is 5.82 Å². The summed E-state index contributed by atoms with van der Waals surface area (Å²) in [4.78, 5) is 4.87. The average Bonchev–Trinajstić information content (AvgIpc) is 2.70. The molecule has 0 spiro atoms. The minimum absolute atomic E-state index is 0.323. The highest BCUT2D eigenvalue weighted by Gasteiger charge is 2.27. The van der Waals surface area contributed by atoms with Crippen molar-refractivity contribution in [3.05, 3.63) is 52.2 Å². The molecule has 1 heterocycles. The van der Waals surface area contributed by atoms with Crippen molar-refractivity contribution in [2.75, 3.05) is 0 Å². The fourth-order valence-electron chi connectivity index (χ4n) is 1.66. The summed E-state index contributed by atoms with van der Waals surface area (Å²) in [5.74, 6) is -0.378. The van der Waals surface area contributed by atoms with E-state index in [-0.39, 0.29) is 5.82 Å². The number of aliphatic hydroxyl groups is 1. The van der Waals surface area contributed by atoms with E-state index >= 15 is 0 Å². The molecule has 2 aromatic rings. The molecule has 0 aliphatic heterocycles. The third kappa shape index (κ3) is 2.28. The lowest BCUT2D eigenvalue weighted by Gasteiger charge is -2.23. The largest absolute Gasteiger partial charge is 0.385 e. The lowest BCUT2D eigenvalue weighted by molar-refractivity contribution is 0.0546. The van der Waals surface area contributed by atoms with Crippen molar-refractivity contribution in [1.82, 2.24) is 4.98 Å². The summed E-state index contributed by atoms with van der Waals surface area (Å²) in [5, 5.41) is 10.3. The van der Waals surface area contributed by atoms with Gasteiger partial charge in [0.25, 0.3) is 0 Å². The molecule has 0 aliphatic rings. The second-order valence-electron chi connectivity index (χ2n) is 3.90. The summed E-state index contributed by atoms with van der Waals surface area (Å²) < 4.78 is 13.5. The van der Waals surface area contributed by atoms with Crippen LogP contribution < -0.4 is 0 Å². The highest BCUT2D eigenvalue weighted by Crippen LogP contribution is 2.28. The summed E-state index contributed by atoms with van der Waals surface area (Å²) >= 11 is 1.46. The van der Waals surface area contributed by atoms with Gasteiger partial charge in [-0.2, -0.15) is 0 Å². The van der Waals surface area contributed by atoms with Gasteiger partial charge in [-0.15, -0.1) is 11.3 Å². The zero-order valence-electron chi connectivity index (χ0n) is 8.85. The smallest absolute Gasteiger partial charge is 0.129 e. The Morgan fingerprint density at radius 3 is 2.81 bits per heavy atom. The van der Waals surface area contributed by atoms with Gasteiger partial charge in [0.1, 0.15) is 5.82 Å². The molecule has 0 saturated heterocycles. The molecule has 1 N–H and O–H groups in total. The summed E-state index contributed by atoms with van der Waals surface area (Å²) in [6.45, 7) is 1.62. The third-order valence-electron chi connectivity index (χ3n) is 2.46. The summed E-state index contributed by atoms with van der Waals surface area (Å²) in [5.41, 5.74) is 0.827. The lowest BCUT2D eigenvalue weighted by Crippen LogP contribution is -2.25. The summed E-state index contributed by atoms with van der Waals surface area (Å²) in [7, 11) is 0. The maximum atomic E-state index is 13.5. The van der Waals surface area contributed by atoms with Gasteiger partial charge in [-0.25, -0.2) is 4.39 Å². The molecule has 0 aliphatic carbocycles.